The summed E-state index contributed by atoms with van der Waals surface area (Å²) < 4.78 is 7.39. The molecule has 1 aromatic heterocycles. The summed E-state index contributed by atoms with van der Waals surface area (Å²) in [4.78, 5) is 0. The van der Waals surface area contributed by atoms with Gasteiger partial charge in [-0.15, -0.1) is 0 Å². The zero-order valence-corrected chi connectivity index (χ0v) is 14.4. The van der Waals surface area contributed by atoms with Crippen LogP contribution in [0.2, 0.25) is 0 Å². The van der Waals surface area contributed by atoms with Crippen molar-refractivity contribution in [3.8, 4) is 22.7 Å². The number of benzene rings is 2. The van der Waals surface area contributed by atoms with E-state index < -0.39 is 0 Å². The van der Waals surface area contributed by atoms with Gasteiger partial charge in [0.05, 0.1) is 24.2 Å². The van der Waals surface area contributed by atoms with Gasteiger partial charge in [-0.2, -0.15) is 5.10 Å². The highest BCUT2D eigenvalue weighted by Gasteiger charge is 2.14. The van der Waals surface area contributed by atoms with Crippen molar-refractivity contribution < 1.29 is 4.74 Å². The Morgan fingerprint density at radius 1 is 1.08 bits per heavy atom. The van der Waals surface area contributed by atoms with Crippen LogP contribution in [0.25, 0.3) is 16.9 Å². The summed E-state index contributed by atoms with van der Waals surface area (Å²) in [7, 11) is 1.68. The molecule has 2 aromatic carbocycles. The largest absolute Gasteiger partial charge is 0.497 e. The maximum absolute atomic E-state index is 5.73. The summed E-state index contributed by atoms with van der Waals surface area (Å²) in [5.74, 6) is 0.835. The van der Waals surface area contributed by atoms with Crippen LogP contribution in [0.15, 0.2) is 48.5 Å². The van der Waals surface area contributed by atoms with Gasteiger partial charge in [0.1, 0.15) is 5.75 Å². The van der Waals surface area contributed by atoms with Crippen LogP contribution in [0.1, 0.15) is 16.8 Å². The Balaban J connectivity index is 2.19. The van der Waals surface area contributed by atoms with Gasteiger partial charge >= 0.3 is 0 Å². The molecule has 4 nitrogen and oxygen atoms in total. The minimum Gasteiger partial charge on any atom is -0.497 e. The first kappa shape index (κ1) is 16.3. The zero-order chi connectivity index (χ0) is 17.1. The second-order valence-corrected chi connectivity index (χ2v) is 5.92. The van der Waals surface area contributed by atoms with Gasteiger partial charge in [0.2, 0.25) is 0 Å². The standard InChI is InChI=1S/C20H23N3O/c1-14-6-4-9-19(15(14)2)23-20(13-17(22-23)10-11-21)16-7-5-8-18(12-16)24-3/h4-9,12-13H,10-11,21H2,1-3H3. The first-order valence-electron chi connectivity index (χ1n) is 8.14. The monoisotopic (exact) mass is 321 g/mol. The minimum atomic E-state index is 0.585. The van der Waals surface area contributed by atoms with Crippen LogP contribution in [0.5, 0.6) is 5.75 Å². The fourth-order valence-electron chi connectivity index (χ4n) is 2.84. The van der Waals surface area contributed by atoms with E-state index in [4.69, 9.17) is 15.6 Å². The molecule has 1 heterocycles. The number of hydrogen-bond donors (Lipinski definition) is 1. The topological polar surface area (TPSA) is 53.1 Å². The van der Waals surface area contributed by atoms with Crippen molar-refractivity contribution >= 4 is 0 Å². The lowest BCUT2D eigenvalue weighted by molar-refractivity contribution is 0.415. The van der Waals surface area contributed by atoms with E-state index in [9.17, 15) is 0 Å². The van der Waals surface area contributed by atoms with Crippen molar-refractivity contribution in [2.45, 2.75) is 20.3 Å². The average Bonchev–Trinajstić information content (AvgIpc) is 3.01. The second kappa shape index (κ2) is 6.89. The number of nitrogens with zero attached hydrogens (tertiary/aromatic N) is 2. The molecule has 0 fully saturated rings. The molecule has 124 valence electrons. The van der Waals surface area contributed by atoms with Gasteiger partial charge in [-0.25, -0.2) is 4.68 Å². The summed E-state index contributed by atoms with van der Waals surface area (Å²) in [6.45, 7) is 4.83. The molecule has 3 rings (SSSR count). The minimum absolute atomic E-state index is 0.585. The summed E-state index contributed by atoms with van der Waals surface area (Å²) in [5, 5.41) is 4.80. The van der Waals surface area contributed by atoms with Crippen LogP contribution in [-0.2, 0) is 6.42 Å². The zero-order valence-electron chi connectivity index (χ0n) is 14.4. The van der Waals surface area contributed by atoms with Crippen molar-refractivity contribution in [1.29, 1.82) is 0 Å². The van der Waals surface area contributed by atoms with Gasteiger partial charge in [-0.3, -0.25) is 0 Å². The van der Waals surface area contributed by atoms with Gasteiger partial charge in [-0.1, -0.05) is 24.3 Å². The number of ether oxygens (including phenoxy) is 1. The van der Waals surface area contributed by atoms with Crippen LogP contribution in [-0.4, -0.2) is 23.4 Å². The molecule has 0 spiro atoms. The van der Waals surface area contributed by atoms with Crippen molar-refractivity contribution in [1.82, 2.24) is 9.78 Å². The molecule has 4 heteroatoms. The van der Waals surface area contributed by atoms with Crippen molar-refractivity contribution in [2.75, 3.05) is 13.7 Å². The van der Waals surface area contributed by atoms with E-state index in [0.717, 1.165) is 34.8 Å². The van der Waals surface area contributed by atoms with E-state index in [1.165, 1.54) is 11.1 Å². The Morgan fingerprint density at radius 3 is 2.62 bits per heavy atom. The Kier molecular flexibility index (Phi) is 4.67. The summed E-state index contributed by atoms with van der Waals surface area (Å²) in [5.41, 5.74) is 12.4. The van der Waals surface area contributed by atoms with Gasteiger partial charge in [0.25, 0.3) is 0 Å². The fourth-order valence-corrected chi connectivity index (χ4v) is 2.84. The maximum Gasteiger partial charge on any atom is 0.119 e. The molecule has 3 aromatic rings. The quantitative estimate of drug-likeness (QED) is 0.780. The molecule has 0 saturated heterocycles. The van der Waals surface area contributed by atoms with E-state index in [0.29, 0.717) is 6.54 Å². The maximum atomic E-state index is 5.73. The first-order valence-corrected chi connectivity index (χ1v) is 8.14. The third-order valence-corrected chi connectivity index (χ3v) is 4.33. The number of methoxy groups -OCH3 is 1. The molecular formula is C20H23N3O. The molecule has 0 bridgehead atoms. The molecule has 0 radical (unpaired) electrons. The Labute approximate surface area is 142 Å². The van der Waals surface area contributed by atoms with Crippen molar-refractivity contribution in [3.63, 3.8) is 0 Å². The van der Waals surface area contributed by atoms with E-state index in [1.807, 2.05) is 22.9 Å². The summed E-state index contributed by atoms with van der Waals surface area (Å²) >= 11 is 0. The summed E-state index contributed by atoms with van der Waals surface area (Å²) in [6.07, 6.45) is 0.759. The number of rotatable bonds is 5. The van der Waals surface area contributed by atoms with Crippen molar-refractivity contribution in [3.05, 3.63) is 65.4 Å². The van der Waals surface area contributed by atoms with Gasteiger partial charge in [0.15, 0.2) is 0 Å². The van der Waals surface area contributed by atoms with E-state index in [-0.39, 0.29) is 0 Å². The number of nitrogens with two attached hydrogens (primary N) is 1. The van der Waals surface area contributed by atoms with Crippen LogP contribution >= 0.6 is 0 Å². The Morgan fingerprint density at radius 2 is 1.88 bits per heavy atom. The van der Waals surface area contributed by atoms with Crippen molar-refractivity contribution in [2.24, 2.45) is 5.73 Å². The average molecular weight is 321 g/mol. The molecule has 0 amide bonds. The molecule has 24 heavy (non-hydrogen) atoms. The highest BCUT2D eigenvalue weighted by molar-refractivity contribution is 5.65. The number of hydrogen-bond acceptors (Lipinski definition) is 3. The van der Waals surface area contributed by atoms with E-state index in [1.54, 1.807) is 7.11 Å². The van der Waals surface area contributed by atoms with Crippen LogP contribution in [0.4, 0.5) is 0 Å². The SMILES string of the molecule is COc1cccc(-c2cc(CCN)nn2-c2cccc(C)c2C)c1. The molecule has 2 N–H and O–H groups in total. The van der Waals surface area contributed by atoms with E-state index in [2.05, 4.69) is 44.2 Å². The molecule has 0 aliphatic carbocycles. The predicted octanol–water partition coefficient (Wildman–Crippen LogP) is 3.67. The van der Waals surface area contributed by atoms with E-state index >= 15 is 0 Å². The molecule has 0 aliphatic rings. The first-order chi connectivity index (χ1) is 11.6. The predicted molar refractivity (Wildman–Crippen MR) is 97.8 cm³/mol. The molecule has 0 saturated carbocycles. The van der Waals surface area contributed by atoms with Crippen LogP contribution in [0.3, 0.4) is 0 Å². The lowest BCUT2D eigenvalue weighted by Gasteiger charge is -2.12. The lowest BCUT2D eigenvalue weighted by atomic mass is 10.1. The van der Waals surface area contributed by atoms with Gasteiger partial charge < -0.3 is 10.5 Å². The highest BCUT2D eigenvalue weighted by Crippen LogP contribution is 2.29. The smallest absolute Gasteiger partial charge is 0.119 e. The second-order valence-electron chi connectivity index (χ2n) is 5.92. The third-order valence-electron chi connectivity index (χ3n) is 4.33. The molecular weight excluding hydrogens is 298 g/mol. The van der Waals surface area contributed by atoms with Gasteiger partial charge in [-0.05, 0) is 55.8 Å². The third kappa shape index (κ3) is 3.05. The number of aryl methyl sites for hydroxylation is 1. The lowest BCUT2D eigenvalue weighted by Crippen LogP contribution is -2.05. The normalized spacial score (nSPS) is 10.8. The van der Waals surface area contributed by atoms with Crippen LogP contribution < -0.4 is 10.5 Å². The van der Waals surface area contributed by atoms with Crippen LogP contribution in [0, 0.1) is 13.8 Å². The van der Waals surface area contributed by atoms with Gasteiger partial charge in [0, 0.05) is 12.0 Å². The molecule has 0 aliphatic heterocycles. The highest BCUT2D eigenvalue weighted by atomic mass is 16.5. The molecule has 0 unspecified atom stereocenters. The fraction of sp³-hybridized carbons (Fsp3) is 0.250. The Bertz CT molecular complexity index is 852. The Hall–Kier alpha value is -2.59. The summed E-state index contributed by atoms with van der Waals surface area (Å²) in [6, 6.07) is 16.5. The number of aromatic nitrogens is 2. The molecule has 0 atom stereocenters.